The first-order valence-electron chi connectivity index (χ1n) is 7.07. The average molecular weight is 330 g/mol. The van der Waals surface area contributed by atoms with Crippen LogP contribution in [0.1, 0.15) is 0 Å². The first-order valence-corrected chi connectivity index (χ1v) is 7.07. The zero-order valence-corrected chi connectivity index (χ0v) is 12.4. The lowest BCUT2D eigenvalue weighted by Crippen LogP contribution is -2.12. The van der Waals surface area contributed by atoms with Gasteiger partial charge in [0.25, 0.3) is 0 Å². The highest BCUT2D eigenvalue weighted by Gasteiger charge is 2.19. The second-order valence-electron chi connectivity index (χ2n) is 5.05. The van der Waals surface area contributed by atoms with Gasteiger partial charge in [-0.2, -0.15) is 0 Å². The molecular weight excluding hydrogens is 316 g/mol. The minimum atomic E-state index is -0.479. The van der Waals surface area contributed by atoms with Gasteiger partial charge in [0, 0.05) is 11.6 Å². The predicted molar refractivity (Wildman–Crippen MR) is 85.5 cm³/mol. The molecule has 1 aromatic heterocycles. The maximum atomic E-state index is 12.6. The molecule has 0 fully saturated rings. The number of phenolic OH excluding ortho intramolecular Hbond substituents is 3. The first kappa shape index (κ1) is 15.7. The van der Waals surface area contributed by atoms with Gasteiger partial charge in [0.15, 0.2) is 17.3 Å². The fraction of sp³-hybridized carbons (Fsp3) is 0.118. The quantitative estimate of drug-likeness (QED) is 0.540. The Morgan fingerprint density at radius 2 is 1.79 bits per heavy atom. The molecule has 0 aliphatic rings. The van der Waals surface area contributed by atoms with Crippen LogP contribution < -0.4 is 10.2 Å². The van der Waals surface area contributed by atoms with Crippen molar-refractivity contribution in [2.24, 2.45) is 0 Å². The Hall–Kier alpha value is -3.19. The number of benzene rings is 2. The van der Waals surface area contributed by atoms with Gasteiger partial charge < -0.3 is 29.6 Å². The number of ether oxygens (including phenoxy) is 1. The fourth-order valence-electron chi connectivity index (χ4n) is 2.30. The van der Waals surface area contributed by atoms with Crippen molar-refractivity contribution in [1.29, 1.82) is 0 Å². The van der Waals surface area contributed by atoms with Crippen LogP contribution in [0.15, 0.2) is 45.6 Å². The molecular formula is C17H14O7. The van der Waals surface area contributed by atoms with E-state index in [4.69, 9.17) is 14.3 Å². The summed E-state index contributed by atoms with van der Waals surface area (Å²) in [7, 11) is 0. The molecule has 0 saturated heterocycles. The van der Waals surface area contributed by atoms with Gasteiger partial charge in [0.1, 0.15) is 17.9 Å². The highest BCUT2D eigenvalue weighted by Crippen LogP contribution is 2.36. The van der Waals surface area contributed by atoms with Crippen molar-refractivity contribution in [3.8, 4) is 34.3 Å². The van der Waals surface area contributed by atoms with Crippen LogP contribution >= 0.6 is 0 Å². The summed E-state index contributed by atoms with van der Waals surface area (Å²) in [5.74, 6) is -0.903. The van der Waals surface area contributed by atoms with Crippen LogP contribution in [0.2, 0.25) is 0 Å². The maximum absolute atomic E-state index is 12.6. The van der Waals surface area contributed by atoms with Gasteiger partial charge in [0.2, 0.25) is 11.2 Å². The van der Waals surface area contributed by atoms with Crippen LogP contribution in [0.4, 0.5) is 0 Å². The van der Waals surface area contributed by atoms with E-state index in [1.54, 1.807) is 0 Å². The van der Waals surface area contributed by atoms with Crippen LogP contribution in [0, 0.1) is 0 Å². The SMILES string of the molecule is O=c1c(OCCO)c(-c2ccc(O)c(O)c2)oc2cc(O)ccc12. The first-order chi connectivity index (χ1) is 11.5. The summed E-state index contributed by atoms with van der Waals surface area (Å²) in [5, 5.41) is 37.8. The highest BCUT2D eigenvalue weighted by molar-refractivity contribution is 5.83. The number of phenols is 3. The minimum absolute atomic E-state index is 0.0156. The van der Waals surface area contributed by atoms with E-state index < -0.39 is 5.43 Å². The summed E-state index contributed by atoms with van der Waals surface area (Å²) < 4.78 is 11.0. The topological polar surface area (TPSA) is 120 Å². The lowest BCUT2D eigenvalue weighted by molar-refractivity contribution is 0.199. The van der Waals surface area contributed by atoms with E-state index in [2.05, 4.69) is 0 Å². The summed E-state index contributed by atoms with van der Waals surface area (Å²) in [6, 6.07) is 7.94. The molecule has 0 saturated carbocycles. The minimum Gasteiger partial charge on any atom is -0.508 e. The average Bonchev–Trinajstić information content (AvgIpc) is 2.56. The van der Waals surface area contributed by atoms with Crippen molar-refractivity contribution >= 4 is 11.0 Å². The molecule has 0 radical (unpaired) electrons. The predicted octanol–water partition coefficient (Wildman–Crippen LogP) is 1.95. The number of aliphatic hydroxyl groups is 1. The summed E-state index contributed by atoms with van der Waals surface area (Å²) >= 11 is 0. The molecule has 0 amide bonds. The van der Waals surface area contributed by atoms with Gasteiger partial charge in [-0.3, -0.25) is 4.79 Å². The molecule has 0 bridgehead atoms. The number of fused-ring (bicyclic) bond motifs is 1. The van der Waals surface area contributed by atoms with Crippen molar-refractivity contribution in [2.45, 2.75) is 0 Å². The number of aromatic hydroxyl groups is 3. The molecule has 7 nitrogen and oxygen atoms in total. The van der Waals surface area contributed by atoms with Crippen LogP contribution in [-0.4, -0.2) is 33.6 Å². The molecule has 0 aliphatic carbocycles. The monoisotopic (exact) mass is 330 g/mol. The summed E-state index contributed by atoms with van der Waals surface area (Å²) in [6.07, 6.45) is 0. The summed E-state index contributed by atoms with van der Waals surface area (Å²) in [4.78, 5) is 12.6. The summed E-state index contributed by atoms with van der Waals surface area (Å²) in [5.41, 5.74) is -0.0493. The molecule has 0 aliphatic heterocycles. The van der Waals surface area contributed by atoms with E-state index >= 15 is 0 Å². The Bertz CT molecular complexity index is 959. The van der Waals surface area contributed by atoms with Gasteiger partial charge in [0.05, 0.1) is 12.0 Å². The van der Waals surface area contributed by atoms with Crippen LogP contribution in [0.3, 0.4) is 0 Å². The fourth-order valence-corrected chi connectivity index (χ4v) is 2.30. The molecule has 24 heavy (non-hydrogen) atoms. The third-order valence-electron chi connectivity index (χ3n) is 3.41. The standard InChI is InChI=1S/C17H14O7/c18-5-6-23-17-15(22)11-3-2-10(19)8-14(11)24-16(17)9-1-4-12(20)13(21)7-9/h1-4,7-8,18-21H,5-6H2. The zero-order chi connectivity index (χ0) is 17.3. The lowest BCUT2D eigenvalue weighted by Gasteiger charge is -2.11. The van der Waals surface area contributed by atoms with Crippen LogP contribution in [0.5, 0.6) is 23.0 Å². The Morgan fingerprint density at radius 1 is 1.00 bits per heavy atom. The van der Waals surface area contributed by atoms with Crippen LogP contribution in [0.25, 0.3) is 22.3 Å². The number of rotatable bonds is 4. The van der Waals surface area contributed by atoms with Gasteiger partial charge in [-0.15, -0.1) is 0 Å². The molecule has 0 unspecified atom stereocenters. The van der Waals surface area contributed by atoms with Gasteiger partial charge in [-0.1, -0.05) is 0 Å². The largest absolute Gasteiger partial charge is 0.508 e. The van der Waals surface area contributed by atoms with Crippen molar-refractivity contribution < 1.29 is 29.6 Å². The number of aliphatic hydroxyl groups excluding tert-OH is 1. The Kier molecular flexibility index (Phi) is 4.01. The second-order valence-corrected chi connectivity index (χ2v) is 5.05. The molecule has 124 valence electrons. The van der Waals surface area contributed by atoms with Crippen molar-refractivity contribution in [3.05, 3.63) is 46.6 Å². The maximum Gasteiger partial charge on any atom is 0.235 e. The molecule has 4 N–H and O–H groups in total. The van der Waals surface area contributed by atoms with E-state index in [9.17, 15) is 20.1 Å². The highest BCUT2D eigenvalue weighted by atomic mass is 16.5. The molecule has 3 rings (SSSR count). The van der Waals surface area contributed by atoms with Gasteiger partial charge in [-0.25, -0.2) is 0 Å². The molecule has 1 heterocycles. The van der Waals surface area contributed by atoms with Gasteiger partial charge in [-0.05, 0) is 30.3 Å². The van der Waals surface area contributed by atoms with E-state index in [1.807, 2.05) is 0 Å². The molecule has 3 aromatic rings. The Morgan fingerprint density at radius 3 is 2.50 bits per heavy atom. The Labute approximate surface area is 135 Å². The summed E-state index contributed by atoms with van der Waals surface area (Å²) in [6.45, 7) is -0.418. The van der Waals surface area contributed by atoms with Crippen LogP contribution in [-0.2, 0) is 0 Å². The molecule has 0 atom stereocenters. The van der Waals surface area contributed by atoms with E-state index in [1.165, 1.54) is 36.4 Å². The number of hydrogen-bond donors (Lipinski definition) is 4. The van der Waals surface area contributed by atoms with Gasteiger partial charge >= 0.3 is 0 Å². The van der Waals surface area contributed by atoms with Crippen molar-refractivity contribution in [2.75, 3.05) is 13.2 Å². The molecule has 2 aromatic carbocycles. The Balaban J connectivity index is 2.30. The third-order valence-corrected chi connectivity index (χ3v) is 3.41. The zero-order valence-electron chi connectivity index (χ0n) is 12.4. The third kappa shape index (κ3) is 2.72. The van der Waals surface area contributed by atoms with E-state index in [-0.39, 0.29) is 52.9 Å². The van der Waals surface area contributed by atoms with Crippen molar-refractivity contribution in [3.63, 3.8) is 0 Å². The normalized spacial score (nSPS) is 10.9. The van der Waals surface area contributed by atoms with E-state index in [0.717, 1.165) is 0 Å². The van der Waals surface area contributed by atoms with E-state index in [0.29, 0.717) is 5.56 Å². The molecule has 0 spiro atoms. The second kappa shape index (κ2) is 6.13. The smallest absolute Gasteiger partial charge is 0.235 e. The van der Waals surface area contributed by atoms with Crippen molar-refractivity contribution in [1.82, 2.24) is 0 Å². The number of hydrogen-bond acceptors (Lipinski definition) is 7. The molecule has 7 heteroatoms. The lowest BCUT2D eigenvalue weighted by atomic mass is 10.1.